The van der Waals surface area contributed by atoms with Crippen molar-refractivity contribution >= 4 is 9.24 Å². The molecule has 40 heavy (non-hydrogen) atoms. The number of hydrogen-bond acceptors (Lipinski definition) is 7. The highest BCUT2D eigenvalue weighted by Gasteiger charge is 2.54. The summed E-state index contributed by atoms with van der Waals surface area (Å²) in [4.78, 5) is 2.47. The Balaban J connectivity index is 0.00000106. The number of alkyl halides is 2. The average Bonchev–Trinajstić information content (AvgIpc) is 3.16. The summed E-state index contributed by atoms with van der Waals surface area (Å²) in [6.45, 7) is 14.3. The van der Waals surface area contributed by atoms with Gasteiger partial charge in [0.2, 0.25) is 0 Å². The standard InChI is InChI=1S/C27H47F2N4O2P.C2H6.CH4O/c1-15(2)17-8-9-20(23(34)12-17)33-22-10-11-32(21-7-5-4-6-19(31-33)25(21)22)16(3)18-13-24(35)26(30-14-18)27(28,29)36;2*1-2/h15,17-26,30-31,34-35H,3-14,36H2,1-2H3;1-2H3;2H,1H3/t17?,18?,19?,20?,21-,22?,23?,24?,25?,26?;;/m0../s1. The van der Waals surface area contributed by atoms with E-state index in [9.17, 15) is 19.0 Å². The third-order valence-electron chi connectivity index (χ3n) is 10.2. The van der Waals surface area contributed by atoms with Crippen LogP contribution in [0.4, 0.5) is 8.78 Å². The van der Waals surface area contributed by atoms with Crippen LogP contribution in [-0.4, -0.2) is 93.5 Å². The Morgan fingerprint density at radius 3 is 2.23 bits per heavy atom. The normalized spacial score (nSPS) is 40.2. The van der Waals surface area contributed by atoms with E-state index in [1.54, 1.807) is 9.24 Å². The highest BCUT2D eigenvalue weighted by Crippen LogP contribution is 2.46. The van der Waals surface area contributed by atoms with E-state index in [-0.39, 0.29) is 18.1 Å². The van der Waals surface area contributed by atoms with E-state index >= 15 is 0 Å². The summed E-state index contributed by atoms with van der Waals surface area (Å²) in [6.07, 6.45) is 7.70. The van der Waals surface area contributed by atoms with Gasteiger partial charge in [-0.25, -0.2) is 13.8 Å². The molecular weight excluding hydrogens is 533 g/mol. The van der Waals surface area contributed by atoms with Crippen molar-refractivity contribution in [2.75, 3.05) is 20.2 Å². The number of halogens is 2. The Labute approximate surface area is 243 Å². The number of hydrazine groups is 1. The number of nitrogens with zero attached hydrogens (tertiary/aromatic N) is 2. The monoisotopic (exact) mass is 590 g/mol. The first-order valence-electron chi connectivity index (χ1n) is 15.8. The number of aliphatic hydroxyl groups is 3. The molecule has 0 spiro atoms. The van der Waals surface area contributed by atoms with Gasteiger partial charge in [0.25, 0.3) is 5.66 Å². The second-order valence-electron chi connectivity index (χ2n) is 12.6. The molecule has 11 atom stereocenters. The Morgan fingerprint density at radius 1 is 0.950 bits per heavy atom. The molecule has 3 aliphatic heterocycles. The van der Waals surface area contributed by atoms with Crippen LogP contribution in [0.3, 0.4) is 0 Å². The van der Waals surface area contributed by atoms with Gasteiger partial charge in [0, 0.05) is 55.9 Å². The van der Waals surface area contributed by atoms with Crippen molar-refractivity contribution in [2.24, 2.45) is 23.7 Å². The minimum absolute atomic E-state index is 0.0412. The molecule has 3 saturated heterocycles. The van der Waals surface area contributed by atoms with Crippen LogP contribution in [-0.2, 0) is 0 Å². The maximum absolute atomic E-state index is 13.9. The van der Waals surface area contributed by atoms with Crippen LogP contribution in [0.25, 0.3) is 0 Å². The third kappa shape index (κ3) is 7.20. The van der Waals surface area contributed by atoms with Crippen LogP contribution in [0.5, 0.6) is 0 Å². The first kappa shape index (κ1) is 34.1. The molecule has 0 radical (unpaired) electrons. The molecule has 5 N–H and O–H groups in total. The van der Waals surface area contributed by atoms with Crippen LogP contribution in [0, 0.1) is 23.7 Å². The second-order valence-corrected chi connectivity index (χ2v) is 13.4. The number of aliphatic hydroxyl groups excluding tert-OH is 3. The van der Waals surface area contributed by atoms with Gasteiger partial charge in [0.05, 0.1) is 18.2 Å². The van der Waals surface area contributed by atoms with Crippen LogP contribution in [0.2, 0.25) is 0 Å². The van der Waals surface area contributed by atoms with Gasteiger partial charge in [-0.2, -0.15) is 0 Å². The molecule has 0 aromatic heterocycles. The molecule has 234 valence electrons. The summed E-state index contributed by atoms with van der Waals surface area (Å²) in [7, 11) is 2.57. The summed E-state index contributed by atoms with van der Waals surface area (Å²) in [6, 6.07) is 0.124. The van der Waals surface area contributed by atoms with Crippen molar-refractivity contribution in [3.05, 3.63) is 12.3 Å². The topological polar surface area (TPSA) is 91.2 Å². The smallest absolute Gasteiger partial charge is 0.276 e. The molecule has 0 amide bonds. The van der Waals surface area contributed by atoms with Gasteiger partial charge in [0.1, 0.15) is 6.04 Å². The summed E-state index contributed by atoms with van der Waals surface area (Å²) in [5, 5.41) is 34.0. The van der Waals surface area contributed by atoms with E-state index in [4.69, 9.17) is 5.11 Å². The third-order valence-corrected chi connectivity index (χ3v) is 10.6. The lowest BCUT2D eigenvalue weighted by Gasteiger charge is -2.50. The molecule has 2 aliphatic carbocycles. The van der Waals surface area contributed by atoms with Gasteiger partial charge in [-0.3, -0.25) is 5.43 Å². The number of rotatable bonds is 5. The zero-order valence-corrected chi connectivity index (χ0v) is 26.6. The van der Waals surface area contributed by atoms with Crippen LogP contribution in [0.15, 0.2) is 12.3 Å². The fourth-order valence-electron chi connectivity index (χ4n) is 8.24. The van der Waals surface area contributed by atoms with E-state index in [2.05, 4.69) is 41.1 Å². The van der Waals surface area contributed by atoms with Gasteiger partial charge in [0.15, 0.2) is 0 Å². The summed E-state index contributed by atoms with van der Waals surface area (Å²) in [5.74, 6) is 1.65. The first-order chi connectivity index (χ1) is 19.1. The highest BCUT2D eigenvalue weighted by atomic mass is 31.0. The lowest BCUT2D eigenvalue weighted by atomic mass is 9.76. The van der Waals surface area contributed by atoms with Crippen molar-refractivity contribution in [3.63, 3.8) is 0 Å². The van der Waals surface area contributed by atoms with Crippen molar-refractivity contribution in [2.45, 2.75) is 134 Å². The maximum atomic E-state index is 13.9. The number of piperidine rings is 2. The molecule has 10 heteroatoms. The molecule has 10 unspecified atom stereocenters. The van der Waals surface area contributed by atoms with Crippen molar-refractivity contribution in [1.82, 2.24) is 20.7 Å². The van der Waals surface area contributed by atoms with E-state index in [0.29, 0.717) is 48.8 Å². The number of nitrogens with one attached hydrogen (secondary N) is 2. The van der Waals surface area contributed by atoms with Crippen molar-refractivity contribution in [3.8, 4) is 0 Å². The Bertz CT molecular complexity index is 803. The zero-order chi connectivity index (χ0) is 29.8. The molecule has 5 fully saturated rings. The largest absolute Gasteiger partial charge is 0.400 e. The van der Waals surface area contributed by atoms with Gasteiger partial charge >= 0.3 is 0 Å². The molecule has 0 aromatic rings. The SMILES string of the molecule is C=C(C1CNC(C(F)(F)P)C(O)C1)N1CCC2C3C(CCCC[C@@H]31)NN2C1CCC(C(C)C)CC1O.CC.CO. The molecule has 5 aliphatic rings. The fourth-order valence-corrected chi connectivity index (χ4v) is 8.58. The average molecular weight is 591 g/mol. The lowest BCUT2D eigenvalue weighted by Crippen LogP contribution is -2.59. The second kappa shape index (κ2) is 14.9. The Morgan fingerprint density at radius 2 is 1.62 bits per heavy atom. The molecule has 0 aromatic carbocycles. The first-order valence-corrected chi connectivity index (χ1v) is 16.3. The number of hydrogen-bond donors (Lipinski definition) is 5. The van der Waals surface area contributed by atoms with Gasteiger partial charge in [-0.05, 0) is 56.8 Å². The van der Waals surface area contributed by atoms with E-state index in [1.165, 1.54) is 19.3 Å². The van der Waals surface area contributed by atoms with E-state index in [1.807, 2.05) is 13.8 Å². The molecule has 0 bridgehead atoms. The van der Waals surface area contributed by atoms with Crippen molar-refractivity contribution < 1.29 is 24.1 Å². The fraction of sp³-hybridized carbons (Fsp3) is 0.933. The van der Waals surface area contributed by atoms with E-state index < -0.39 is 17.8 Å². The minimum atomic E-state index is -3.03. The molecule has 5 rings (SSSR count). The highest BCUT2D eigenvalue weighted by molar-refractivity contribution is 7.18. The van der Waals surface area contributed by atoms with Gasteiger partial charge in [-0.1, -0.05) is 56.4 Å². The summed E-state index contributed by atoms with van der Waals surface area (Å²) in [5.41, 5.74) is 1.86. The summed E-state index contributed by atoms with van der Waals surface area (Å²) >= 11 is 0. The van der Waals surface area contributed by atoms with Crippen LogP contribution in [0.1, 0.15) is 85.5 Å². The van der Waals surface area contributed by atoms with Crippen LogP contribution < -0.4 is 10.7 Å². The molecule has 3 heterocycles. The Hall–Kier alpha value is -0.410. The molecular formula is C30H57F2N4O3P. The predicted octanol–water partition coefficient (Wildman–Crippen LogP) is 3.95. The minimum Gasteiger partial charge on any atom is -0.400 e. The molecule has 2 saturated carbocycles. The molecule has 7 nitrogen and oxygen atoms in total. The summed E-state index contributed by atoms with van der Waals surface area (Å²) < 4.78 is 27.7. The van der Waals surface area contributed by atoms with E-state index in [0.717, 1.165) is 51.5 Å². The maximum Gasteiger partial charge on any atom is 0.276 e. The van der Waals surface area contributed by atoms with Crippen LogP contribution >= 0.6 is 9.24 Å². The predicted molar refractivity (Wildman–Crippen MR) is 161 cm³/mol. The quantitative estimate of drug-likeness (QED) is 0.310. The lowest BCUT2D eigenvalue weighted by molar-refractivity contribution is -0.0503. The number of likely N-dealkylation sites (tertiary alicyclic amines) is 1. The van der Waals surface area contributed by atoms with Gasteiger partial charge in [-0.15, -0.1) is 0 Å². The van der Waals surface area contributed by atoms with Gasteiger partial charge < -0.3 is 25.5 Å². The van der Waals surface area contributed by atoms with Crippen molar-refractivity contribution in [1.29, 1.82) is 0 Å². The zero-order valence-electron chi connectivity index (χ0n) is 25.4. The Kier molecular flexibility index (Phi) is 12.7.